The second-order valence-corrected chi connectivity index (χ2v) is 15.8. The molecule has 2 aromatic rings. The number of nitrogens with zero attached hydrogens (tertiary/aromatic N) is 2. The van der Waals surface area contributed by atoms with Crippen molar-refractivity contribution in [2.45, 2.75) is 134 Å². The minimum atomic E-state index is -0.239. The van der Waals surface area contributed by atoms with Gasteiger partial charge in [-0.15, -0.1) is 10.2 Å². The molecule has 2 atom stereocenters. The van der Waals surface area contributed by atoms with E-state index in [0.717, 1.165) is 78.9 Å². The first-order valence-electron chi connectivity index (χ1n) is 19.5. The zero-order valence-electron chi connectivity index (χ0n) is 34.2. The van der Waals surface area contributed by atoms with Crippen LogP contribution in [0.4, 0.5) is 0 Å². The summed E-state index contributed by atoms with van der Waals surface area (Å²) >= 11 is 0. The Hall–Kier alpha value is -4.12. The molecule has 0 radical (unpaired) electrons. The summed E-state index contributed by atoms with van der Waals surface area (Å²) in [6.07, 6.45) is 26.9. The summed E-state index contributed by atoms with van der Waals surface area (Å²) in [5, 5.41) is 8.71. The third-order valence-corrected chi connectivity index (χ3v) is 11.5. The molecule has 2 aliphatic rings. The summed E-state index contributed by atoms with van der Waals surface area (Å²) in [6.45, 7) is 26.7. The van der Waals surface area contributed by atoms with Crippen molar-refractivity contribution in [3.05, 3.63) is 119 Å². The molecule has 2 unspecified atom stereocenters. The van der Waals surface area contributed by atoms with Crippen molar-refractivity contribution >= 4 is 5.57 Å². The number of aromatic nitrogens is 2. The van der Waals surface area contributed by atoms with Crippen LogP contribution in [0.2, 0.25) is 0 Å². The van der Waals surface area contributed by atoms with Gasteiger partial charge in [0.1, 0.15) is 22.9 Å². The Morgan fingerprint density at radius 3 is 2.27 bits per heavy atom. The number of benzene rings is 1. The molecule has 0 spiro atoms. The minimum absolute atomic E-state index is 0.145. The third kappa shape index (κ3) is 9.85. The summed E-state index contributed by atoms with van der Waals surface area (Å²) in [6, 6.07) is 7.85. The van der Waals surface area contributed by atoms with Crippen molar-refractivity contribution in [2.24, 2.45) is 16.7 Å². The predicted molar refractivity (Wildman–Crippen MR) is 219 cm³/mol. The fourth-order valence-electron chi connectivity index (χ4n) is 7.19. The molecule has 1 aliphatic heterocycles. The molecule has 5 heteroatoms. The Labute approximate surface area is 315 Å². The van der Waals surface area contributed by atoms with Crippen molar-refractivity contribution in [3.8, 4) is 17.2 Å². The molecule has 1 aromatic heterocycles. The van der Waals surface area contributed by atoms with E-state index in [1.54, 1.807) is 0 Å². The molecule has 52 heavy (non-hydrogen) atoms. The predicted octanol–water partition coefficient (Wildman–Crippen LogP) is 13.9. The lowest BCUT2D eigenvalue weighted by Crippen LogP contribution is -2.35. The van der Waals surface area contributed by atoms with E-state index in [4.69, 9.17) is 13.9 Å². The van der Waals surface area contributed by atoms with Gasteiger partial charge >= 0.3 is 0 Å². The summed E-state index contributed by atoms with van der Waals surface area (Å²) in [5.74, 6) is 4.00. The van der Waals surface area contributed by atoms with Crippen LogP contribution < -0.4 is 4.74 Å². The van der Waals surface area contributed by atoms with Gasteiger partial charge in [-0.25, -0.2) is 0 Å². The van der Waals surface area contributed by atoms with Crippen LogP contribution in [0.3, 0.4) is 0 Å². The van der Waals surface area contributed by atoms with Gasteiger partial charge in [0, 0.05) is 28.0 Å². The van der Waals surface area contributed by atoms with Gasteiger partial charge in [0.05, 0.1) is 0 Å². The molecule has 0 saturated carbocycles. The first kappa shape index (κ1) is 40.6. The van der Waals surface area contributed by atoms with Gasteiger partial charge < -0.3 is 13.9 Å². The van der Waals surface area contributed by atoms with Crippen LogP contribution in [-0.2, 0) is 4.74 Å². The first-order chi connectivity index (χ1) is 24.7. The SMILES string of the molecule is CC=CC(C)C1(C)CCC=CC(C=C(CC)C(C)(C)C(=CC=C(C)Oc2ccc(-c3nnc(C4=CC=C(C(C)(C)CC)CC4)o3)cc2)CC)=C(C)O1. The molecule has 0 saturated heterocycles. The zero-order valence-corrected chi connectivity index (χ0v) is 34.2. The normalized spacial score (nSPS) is 20.3. The molecule has 1 aromatic carbocycles. The second kappa shape index (κ2) is 17.6. The molecular formula is C47H64N2O3. The smallest absolute Gasteiger partial charge is 0.248 e. The Balaban J connectivity index is 1.47. The summed E-state index contributed by atoms with van der Waals surface area (Å²) < 4.78 is 19.1. The van der Waals surface area contributed by atoms with E-state index in [9.17, 15) is 0 Å². The lowest BCUT2D eigenvalue weighted by Gasteiger charge is -2.37. The van der Waals surface area contributed by atoms with E-state index in [1.165, 1.54) is 16.7 Å². The van der Waals surface area contributed by atoms with Crippen LogP contribution in [-0.4, -0.2) is 15.8 Å². The standard InChI is InChI=1S/C47H64N2O3/c1-13-19-33(5)47(12)31-18-17-20-38(35(7)52-47)32-40(15-3)46(10,11)39(14-2)26-21-34(6)50-42-29-24-37(25-30-42)44-49-48-43(51-44)36-22-27-41(28-23-36)45(8,9)16-4/h13,17,19-22,24-27,29-30,32-33H,14-16,18,23,28,31H2,1-12H3. The van der Waals surface area contributed by atoms with Crippen molar-refractivity contribution in [1.82, 2.24) is 10.2 Å². The summed E-state index contributed by atoms with van der Waals surface area (Å²) in [7, 11) is 0. The van der Waals surface area contributed by atoms with Crippen LogP contribution in [0.15, 0.2) is 117 Å². The van der Waals surface area contributed by atoms with E-state index in [2.05, 4.69) is 141 Å². The monoisotopic (exact) mass is 704 g/mol. The van der Waals surface area contributed by atoms with E-state index in [0.29, 0.717) is 17.7 Å². The maximum atomic E-state index is 6.74. The molecule has 4 rings (SSSR count). The van der Waals surface area contributed by atoms with Crippen LogP contribution >= 0.6 is 0 Å². The number of ether oxygens (including phenoxy) is 2. The maximum Gasteiger partial charge on any atom is 0.248 e. The van der Waals surface area contributed by atoms with Gasteiger partial charge in [-0.3, -0.25) is 0 Å². The quantitative estimate of drug-likeness (QED) is 0.111. The minimum Gasteiger partial charge on any atom is -0.491 e. The van der Waals surface area contributed by atoms with Crippen LogP contribution in [0.5, 0.6) is 5.75 Å². The molecule has 0 amide bonds. The molecule has 0 bridgehead atoms. The molecular weight excluding hydrogens is 641 g/mol. The Kier molecular flexibility index (Phi) is 13.8. The van der Waals surface area contributed by atoms with Gasteiger partial charge in [-0.05, 0) is 108 Å². The number of hydrogen-bond acceptors (Lipinski definition) is 5. The number of rotatable bonds is 14. The average molecular weight is 705 g/mol. The number of hydrogen-bond donors (Lipinski definition) is 0. The first-order valence-corrected chi connectivity index (χ1v) is 19.5. The summed E-state index contributed by atoms with van der Waals surface area (Å²) in [4.78, 5) is 0. The largest absolute Gasteiger partial charge is 0.491 e. The lowest BCUT2D eigenvalue weighted by molar-refractivity contribution is -0.0189. The van der Waals surface area contributed by atoms with Crippen molar-refractivity contribution in [1.29, 1.82) is 0 Å². The molecule has 0 N–H and O–H groups in total. The fraction of sp³-hybridized carbons (Fsp3) is 0.489. The van der Waals surface area contributed by atoms with Crippen molar-refractivity contribution in [2.75, 3.05) is 0 Å². The fourth-order valence-corrected chi connectivity index (χ4v) is 7.19. The topological polar surface area (TPSA) is 57.4 Å². The maximum absolute atomic E-state index is 6.74. The molecule has 2 heterocycles. The molecule has 5 nitrogen and oxygen atoms in total. The highest BCUT2D eigenvalue weighted by Gasteiger charge is 2.33. The summed E-state index contributed by atoms with van der Waals surface area (Å²) in [5.41, 5.74) is 7.15. The molecule has 0 fully saturated rings. The highest BCUT2D eigenvalue weighted by Crippen LogP contribution is 2.41. The van der Waals surface area contributed by atoms with E-state index >= 15 is 0 Å². The van der Waals surface area contributed by atoms with Crippen molar-refractivity contribution < 1.29 is 13.9 Å². The Morgan fingerprint density at radius 1 is 0.962 bits per heavy atom. The van der Waals surface area contributed by atoms with E-state index < -0.39 is 0 Å². The number of allylic oxidation sites excluding steroid dienone is 15. The van der Waals surface area contributed by atoms with Gasteiger partial charge in [0.2, 0.25) is 11.8 Å². The Bertz CT molecular complexity index is 1780. The van der Waals surface area contributed by atoms with Crippen molar-refractivity contribution in [3.63, 3.8) is 0 Å². The van der Waals surface area contributed by atoms with E-state index in [-0.39, 0.29) is 16.4 Å². The van der Waals surface area contributed by atoms with Gasteiger partial charge in [0.25, 0.3) is 0 Å². The van der Waals surface area contributed by atoms with Crippen LogP contribution in [0.1, 0.15) is 134 Å². The van der Waals surface area contributed by atoms with Gasteiger partial charge in [0.15, 0.2) is 0 Å². The second-order valence-electron chi connectivity index (χ2n) is 15.8. The molecule has 1 aliphatic carbocycles. The highest BCUT2D eigenvalue weighted by molar-refractivity contribution is 5.64. The Morgan fingerprint density at radius 2 is 1.65 bits per heavy atom. The third-order valence-electron chi connectivity index (χ3n) is 11.5. The van der Waals surface area contributed by atoms with Gasteiger partial charge in [-0.2, -0.15) is 0 Å². The van der Waals surface area contributed by atoms with Gasteiger partial charge in [-0.1, -0.05) is 121 Å². The average Bonchev–Trinajstić information content (AvgIpc) is 3.61. The molecule has 280 valence electrons. The zero-order chi connectivity index (χ0) is 38.1. The van der Waals surface area contributed by atoms with Crippen LogP contribution in [0, 0.1) is 16.7 Å². The lowest BCUT2D eigenvalue weighted by atomic mass is 9.74. The highest BCUT2D eigenvalue weighted by atomic mass is 16.5. The van der Waals surface area contributed by atoms with E-state index in [1.807, 2.05) is 31.2 Å². The van der Waals surface area contributed by atoms with Crippen LogP contribution in [0.25, 0.3) is 17.0 Å².